The zero-order valence-electron chi connectivity index (χ0n) is 12.4. The van der Waals surface area contributed by atoms with Crippen LogP contribution in [0.4, 0.5) is 10.3 Å². The van der Waals surface area contributed by atoms with Crippen LogP contribution < -0.4 is 15.4 Å². The largest absolute Gasteiger partial charge is 0.493 e. The highest BCUT2D eigenvalue weighted by molar-refractivity contribution is 5.64. The number of nitrogens with zero attached hydrogens (tertiary/aromatic N) is 2. The topological polar surface area (TPSA) is 51.1 Å². The van der Waals surface area contributed by atoms with Crippen molar-refractivity contribution >= 4 is 12.1 Å². The Morgan fingerprint density at radius 3 is 2.91 bits per heavy atom. The standard InChI is InChI=1S/C16H19FN4O/c1-18-15-7-9-21-11-14(19-16(21)20-15)12-3-5-13(6-4-12)22-10-2-8-17/h3-7,9,11,15,18H,2,8,10H2,1H3,(H,19,20). The third-order valence-corrected chi connectivity index (χ3v) is 3.46. The summed E-state index contributed by atoms with van der Waals surface area (Å²) in [6, 6.07) is 7.67. The molecule has 2 aromatic rings. The molecule has 0 radical (unpaired) electrons. The lowest BCUT2D eigenvalue weighted by Gasteiger charge is -2.18. The first-order valence-electron chi connectivity index (χ1n) is 7.30. The lowest BCUT2D eigenvalue weighted by Crippen LogP contribution is -2.34. The number of anilines is 1. The maximum atomic E-state index is 12.0. The molecular weight excluding hydrogens is 283 g/mol. The van der Waals surface area contributed by atoms with Crippen LogP contribution in [0, 0.1) is 0 Å². The molecule has 1 aromatic carbocycles. The first-order valence-corrected chi connectivity index (χ1v) is 7.30. The monoisotopic (exact) mass is 302 g/mol. The van der Waals surface area contributed by atoms with Gasteiger partial charge < -0.3 is 10.1 Å². The van der Waals surface area contributed by atoms with Gasteiger partial charge >= 0.3 is 0 Å². The summed E-state index contributed by atoms with van der Waals surface area (Å²) in [5.41, 5.74) is 1.90. The van der Waals surface area contributed by atoms with E-state index in [-0.39, 0.29) is 12.8 Å². The first-order chi connectivity index (χ1) is 10.8. The minimum atomic E-state index is -0.355. The fourth-order valence-corrected chi connectivity index (χ4v) is 2.25. The summed E-state index contributed by atoms with van der Waals surface area (Å²) in [7, 11) is 1.89. The van der Waals surface area contributed by atoms with Crippen LogP contribution in [0.5, 0.6) is 5.75 Å². The molecule has 5 nitrogen and oxygen atoms in total. The van der Waals surface area contributed by atoms with E-state index >= 15 is 0 Å². The van der Waals surface area contributed by atoms with Gasteiger partial charge in [0.25, 0.3) is 0 Å². The molecule has 6 heteroatoms. The molecule has 0 saturated heterocycles. The van der Waals surface area contributed by atoms with Crippen LogP contribution >= 0.6 is 0 Å². The fraction of sp³-hybridized carbons (Fsp3) is 0.312. The summed E-state index contributed by atoms with van der Waals surface area (Å²) in [6.07, 6.45) is 6.50. The number of benzene rings is 1. The Labute approximate surface area is 128 Å². The summed E-state index contributed by atoms with van der Waals surface area (Å²) in [5, 5.41) is 6.41. The zero-order chi connectivity index (χ0) is 15.4. The third kappa shape index (κ3) is 3.12. The molecule has 3 rings (SSSR count). The lowest BCUT2D eigenvalue weighted by molar-refractivity contribution is 0.289. The predicted molar refractivity (Wildman–Crippen MR) is 85.6 cm³/mol. The maximum Gasteiger partial charge on any atom is 0.209 e. The van der Waals surface area contributed by atoms with E-state index in [0.717, 1.165) is 23.0 Å². The number of nitrogens with one attached hydrogen (secondary N) is 2. The molecular formula is C16H19FN4O. The van der Waals surface area contributed by atoms with Gasteiger partial charge in [-0.1, -0.05) is 0 Å². The molecule has 1 aromatic heterocycles. The van der Waals surface area contributed by atoms with E-state index in [1.54, 1.807) is 0 Å². The Kier molecular flexibility index (Phi) is 4.39. The van der Waals surface area contributed by atoms with Crippen molar-refractivity contribution in [2.24, 2.45) is 0 Å². The number of alkyl halides is 1. The molecule has 0 bridgehead atoms. The second kappa shape index (κ2) is 6.62. The van der Waals surface area contributed by atoms with Gasteiger partial charge in [-0.05, 0) is 37.4 Å². The Hall–Kier alpha value is -2.34. The smallest absolute Gasteiger partial charge is 0.209 e. The van der Waals surface area contributed by atoms with Crippen molar-refractivity contribution in [1.82, 2.24) is 14.9 Å². The van der Waals surface area contributed by atoms with Gasteiger partial charge in [0.2, 0.25) is 5.95 Å². The molecule has 0 aliphatic carbocycles. The number of likely N-dealkylation sites (N-methyl/N-ethyl adjacent to an activating group) is 1. The Morgan fingerprint density at radius 2 is 2.18 bits per heavy atom. The van der Waals surface area contributed by atoms with Crippen molar-refractivity contribution in [2.75, 3.05) is 25.6 Å². The van der Waals surface area contributed by atoms with Gasteiger partial charge in [0.1, 0.15) is 11.9 Å². The highest BCUT2D eigenvalue weighted by Crippen LogP contribution is 2.25. The molecule has 2 N–H and O–H groups in total. The molecule has 0 amide bonds. The predicted octanol–water partition coefficient (Wildman–Crippen LogP) is 2.73. The van der Waals surface area contributed by atoms with Crippen LogP contribution in [-0.2, 0) is 0 Å². The van der Waals surface area contributed by atoms with Crippen molar-refractivity contribution in [3.8, 4) is 17.0 Å². The van der Waals surface area contributed by atoms with Crippen LogP contribution in [0.25, 0.3) is 17.5 Å². The molecule has 0 spiro atoms. The van der Waals surface area contributed by atoms with Crippen molar-refractivity contribution < 1.29 is 9.13 Å². The van der Waals surface area contributed by atoms with Gasteiger partial charge in [0, 0.05) is 24.4 Å². The van der Waals surface area contributed by atoms with Gasteiger partial charge in [-0.2, -0.15) is 0 Å². The Morgan fingerprint density at radius 1 is 1.36 bits per heavy atom. The molecule has 0 fully saturated rings. The van der Waals surface area contributed by atoms with Gasteiger partial charge in [-0.15, -0.1) is 0 Å². The van der Waals surface area contributed by atoms with E-state index in [1.807, 2.05) is 54.4 Å². The number of ether oxygens (including phenoxy) is 1. The normalized spacial score (nSPS) is 16.2. The number of hydrogen-bond donors (Lipinski definition) is 2. The van der Waals surface area contributed by atoms with Crippen LogP contribution in [0.3, 0.4) is 0 Å². The summed E-state index contributed by atoms with van der Waals surface area (Å²) in [6.45, 7) is 0.0428. The van der Waals surface area contributed by atoms with Crippen molar-refractivity contribution in [3.05, 3.63) is 36.5 Å². The van der Waals surface area contributed by atoms with Crippen LogP contribution in [0.2, 0.25) is 0 Å². The van der Waals surface area contributed by atoms with E-state index in [2.05, 4.69) is 15.6 Å². The summed E-state index contributed by atoms with van der Waals surface area (Å²) in [4.78, 5) is 4.59. The lowest BCUT2D eigenvalue weighted by atomic mass is 10.2. The number of halogens is 1. The summed E-state index contributed by atoms with van der Waals surface area (Å²) in [5.74, 6) is 1.55. The minimum absolute atomic E-state index is 0.0917. The Bertz CT molecular complexity index is 651. The number of hydrogen-bond acceptors (Lipinski definition) is 4. The third-order valence-electron chi connectivity index (χ3n) is 3.46. The van der Waals surface area contributed by atoms with E-state index in [9.17, 15) is 4.39 Å². The van der Waals surface area contributed by atoms with E-state index in [4.69, 9.17) is 4.74 Å². The average Bonchev–Trinajstić information content (AvgIpc) is 2.98. The van der Waals surface area contributed by atoms with Crippen molar-refractivity contribution in [3.63, 3.8) is 0 Å². The molecule has 1 unspecified atom stereocenters. The summed E-state index contributed by atoms with van der Waals surface area (Å²) >= 11 is 0. The van der Waals surface area contributed by atoms with Crippen LogP contribution in [0.15, 0.2) is 36.5 Å². The van der Waals surface area contributed by atoms with E-state index in [1.165, 1.54) is 0 Å². The van der Waals surface area contributed by atoms with Gasteiger partial charge in [0.05, 0.1) is 19.0 Å². The second-order valence-electron chi connectivity index (χ2n) is 5.02. The first kappa shape index (κ1) is 14.6. The number of imidazole rings is 1. The highest BCUT2D eigenvalue weighted by atomic mass is 19.1. The van der Waals surface area contributed by atoms with Crippen LogP contribution in [-0.4, -0.2) is 36.0 Å². The number of aromatic nitrogens is 2. The number of rotatable bonds is 6. The Balaban J connectivity index is 1.72. The molecule has 2 heterocycles. The highest BCUT2D eigenvalue weighted by Gasteiger charge is 2.14. The summed E-state index contributed by atoms with van der Waals surface area (Å²) < 4.78 is 19.4. The second-order valence-corrected chi connectivity index (χ2v) is 5.02. The van der Waals surface area contributed by atoms with Crippen molar-refractivity contribution in [1.29, 1.82) is 0 Å². The fourth-order valence-electron chi connectivity index (χ4n) is 2.25. The molecule has 1 aliphatic rings. The van der Waals surface area contributed by atoms with E-state index < -0.39 is 0 Å². The van der Waals surface area contributed by atoms with Crippen molar-refractivity contribution in [2.45, 2.75) is 12.6 Å². The minimum Gasteiger partial charge on any atom is -0.493 e. The molecule has 1 atom stereocenters. The molecule has 0 saturated carbocycles. The zero-order valence-corrected chi connectivity index (χ0v) is 12.4. The molecule has 116 valence electrons. The SMILES string of the molecule is CNC1C=Cn2cc(-c3ccc(OCCCF)cc3)nc2N1. The van der Waals surface area contributed by atoms with Crippen LogP contribution in [0.1, 0.15) is 6.42 Å². The van der Waals surface area contributed by atoms with E-state index in [0.29, 0.717) is 13.0 Å². The van der Waals surface area contributed by atoms with Gasteiger partial charge in [-0.25, -0.2) is 4.98 Å². The van der Waals surface area contributed by atoms with Gasteiger partial charge in [0.15, 0.2) is 0 Å². The molecule has 1 aliphatic heterocycles. The quantitative estimate of drug-likeness (QED) is 0.806. The average molecular weight is 302 g/mol. The van der Waals surface area contributed by atoms with Gasteiger partial charge in [-0.3, -0.25) is 14.3 Å². The number of fused-ring (bicyclic) bond motifs is 1. The maximum absolute atomic E-state index is 12.0. The molecule has 22 heavy (non-hydrogen) atoms.